The number of carbonyl (C=O) groups excluding carboxylic acids is 2. The number of likely N-dealkylation sites (N-methyl/N-ethyl adjacent to an activating group) is 2. The quantitative estimate of drug-likeness (QED) is 0.276. The molecule has 1 aromatic heterocycles. The molecule has 0 unspecified atom stereocenters. The van der Waals surface area contributed by atoms with Gasteiger partial charge in [0.05, 0.1) is 19.2 Å². The first kappa shape index (κ1) is 27.7. The van der Waals surface area contributed by atoms with Crippen molar-refractivity contribution in [2.24, 2.45) is 0 Å². The third-order valence-electron chi connectivity index (χ3n) is 6.26. The van der Waals surface area contributed by atoms with E-state index in [-0.39, 0.29) is 11.6 Å². The number of rotatable bonds is 12. The molecule has 0 saturated heterocycles. The van der Waals surface area contributed by atoms with Crippen LogP contribution in [-0.2, 0) is 14.3 Å². The highest BCUT2D eigenvalue weighted by molar-refractivity contribution is 6.34. The minimum atomic E-state index is -0.220. The van der Waals surface area contributed by atoms with Crippen LogP contribution in [0.1, 0.15) is 5.56 Å². The Morgan fingerprint density at radius 3 is 2.49 bits per heavy atom. The molecule has 2 aromatic carbocycles. The highest BCUT2D eigenvalue weighted by Crippen LogP contribution is 2.36. The van der Waals surface area contributed by atoms with Crippen molar-refractivity contribution in [3.05, 3.63) is 60.5 Å². The monoisotopic (exact) mass is 531 g/mol. The molecule has 4 rings (SSSR count). The molecule has 1 aliphatic carbocycles. The maximum atomic E-state index is 12.8. The lowest BCUT2D eigenvalue weighted by Gasteiger charge is -2.25. The molecule has 0 atom stereocenters. The molecule has 10 heteroatoms. The van der Waals surface area contributed by atoms with Crippen molar-refractivity contribution in [1.29, 1.82) is 0 Å². The van der Waals surface area contributed by atoms with Crippen LogP contribution in [0.25, 0.3) is 16.5 Å². The molecule has 0 aliphatic heterocycles. The Morgan fingerprint density at radius 1 is 0.923 bits per heavy atom. The van der Waals surface area contributed by atoms with Gasteiger partial charge in [0, 0.05) is 61.2 Å². The lowest BCUT2D eigenvalue weighted by molar-refractivity contribution is -0.113. The number of aromatic nitrogens is 2. The molecule has 1 aliphatic rings. The standard InChI is InChI=1S/C29H33N5O5/c1-33(2)10-11-34(3)25-8-6-19(14-21(25)22-15-20(35)7-9-26(22)36)32-29-23-16-27(38-5)28(39-13-12-37-4)17-24(23)30-18-31-29/h6-9,14-18H,10-13H2,1-5H3,(H,30,31,32). The number of hydrogen-bond acceptors (Lipinski definition) is 10. The van der Waals surface area contributed by atoms with Gasteiger partial charge in [-0.15, -0.1) is 0 Å². The molecular formula is C29H33N5O5. The van der Waals surface area contributed by atoms with Crippen LogP contribution in [0.4, 0.5) is 17.2 Å². The maximum Gasteiger partial charge on any atom is 0.186 e. The summed E-state index contributed by atoms with van der Waals surface area (Å²) in [5.41, 5.74) is 3.22. The summed E-state index contributed by atoms with van der Waals surface area (Å²) in [7, 11) is 9.17. The largest absolute Gasteiger partial charge is 0.493 e. The Bertz CT molecular complexity index is 1430. The van der Waals surface area contributed by atoms with Gasteiger partial charge < -0.3 is 29.3 Å². The normalized spacial score (nSPS) is 13.1. The summed E-state index contributed by atoms with van der Waals surface area (Å²) >= 11 is 0. The summed E-state index contributed by atoms with van der Waals surface area (Å²) in [6.45, 7) is 2.39. The summed E-state index contributed by atoms with van der Waals surface area (Å²) in [5, 5.41) is 4.09. The fraction of sp³-hybridized carbons (Fsp3) is 0.310. The van der Waals surface area contributed by atoms with Gasteiger partial charge >= 0.3 is 0 Å². The lowest BCUT2D eigenvalue weighted by atomic mass is 9.94. The van der Waals surface area contributed by atoms with Crippen molar-refractivity contribution in [3.8, 4) is 11.5 Å². The minimum absolute atomic E-state index is 0.216. The maximum absolute atomic E-state index is 12.8. The predicted molar refractivity (Wildman–Crippen MR) is 152 cm³/mol. The molecule has 3 aromatic rings. The molecule has 39 heavy (non-hydrogen) atoms. The van der Waals surface area contributed by atoms with Gasteiger partial charge in [-0.05, 0) is 56.6 Å². The van der Waals surface area contributed by atoms with Crippen LogP contribution in [0.2, 0.25) is 0 Å². The zero-order valence-corrected chi connectivity index (χ0v) is 22.9. The third-order valence-corrected chi connectivity index (χ3v) is 6.26. The lowest BCUT2D eigenvalue weighted by Crippen LogP contribution is -2.29. The van der Waals surface area contributed by atoms with Crippen molar-refractivity contribution in [2.75, 3.05) is 71.9 Å². The van der Waals surface area contributed by atoms with Gasteiger partial charge in [-0.1, -0.05) is 0 Å². The topological polar surface area (TPSA) is 106 Å². The fourth-order valence-corrected chi connectivity index (χ4v) is 4.16. The van der Waals surface area contributed by atoms with Gasteiger partial charge in [0.2, 0.25) is 0 Å². The van der Waals surface area contributed by atoms with Gasteiger partial charge in [0.1, 0.15) is 18.8 Å². The summed E-state index contributed by atoms with van der Waals surface area (Å²) in [5.74, 6) is 1.22. The van der Waals surface area contributed by atoms with Crippen LogP contribution >= 0.6 is 0 Å². The highest BCUT2D eigenvalue weighted by Gasteiger charge is 2.21. The number of ether oxygens (including phenoxy) is 3. The van der Waals surface area contributed by atoms with Crippen LogP contribution in [0.15, 0.2) is 54.9 Å². The van der Waals surface area contributed by atoms with Crippen molar-refractivity contribution in [1.82, 2.24) is 14.9 Å². The van der Waals surface area contributed by atoms with E-state index in [1.807, 2.05) is 45.4 Å². The van der Waals surface area contributed by atoms with E-state index in [0.29, 0.717) is 52.9 Å². The Kier molecular flexibility index (Phi) is 8.90. The number of methoxy groups -OCH3 is 2. The fourth-order valence-electron chi connectivity index (χ4n) is 4.16. The second-order valence-electron chi connectivity index (χ2n) is 9.32. The molecule has 0 radical (unpaired) electrons. The first-order chi connectivity index (χ1) is 18.8. The van der Waals surface area contributed by atoms with Crippen LogP contribution in [0, 0.1) is 0 Å². The van der Waals surface area contributed by atoms with Gasteiger partial charge in [-0.3, -0.25) is 9.59 Å². The predicted octanol–water partition coefficient (Wildman–Crippen LogP) is 3.50. The summed E-state index contributed by atoms with van der Waals surface area (Å²) < 4.78 is 16.4. The van der Waals surface area contributed by atoms with Crippen molar-refractivity contribution >= 4 is 45.2 Å². The molecule has 0 bridgehead atoms. The molecule has 1 N–H and O–H groups in total. The van der Waals surface area contributed by atoms with E-state index < -0.39 is 0 Å². The van der Waals surface area contributed by atoms with E-state index in [1.165, 1.54) is 24.6 Å². The van der Waals surface area contributed by atoms with E-state index >= 15 is 0 Å². The number of carbonyl (C=O) groups is 2. The number of hydrogen-bond donors (Lipinski definition) is 1. The van der Waals surface area contributed by atoms with Gasteiger partial charge in [0.15, 0.2) is 23.1 Å². The Morgan fingerprint density at radius 2 is 1.74 bits per heavy atom. The number of benzene rings is 2. The van der Waals surface area contributed by atoms with E-state index in [9.17, 15) is 9.59 Å². The first-order valence-corrected chi connectivity index (χ1v) is 12.5. The smallest absolute Gasteiger partial charge is 0.186 e. The second kappa shape index (κ2) is 12.5. The first-order valence-electron chi connectivity index (χ1n) is 12.5. The number of ketones is 2. The molecule has 0 amide bonds. The van der Waals surface area contributed by atoms with E-state index in [4.69, 9.17) is 14.2 Å². The van der Waals surface area contributed by atoms with E-state index in [2.05, 4.69) is 25.1 Å². The third kappa shape index (κ3) is 6.60. The zero-order chi connectivity index (χ0) is 27.9. The van der Waals surface area contributed by atoms with Gasteiger partial charge in [-0.25, -0.2) is 9.97 Å². The number of anilines is 3. The van der Waals surface area contributed by atoms with E-state index in [1.54, 1.807) is 20.3 Å². The number of nitrogens with zero attached hydrogens (tertiary/aromatic N) is 4. The van der Waals surface area contributed by atoms with Crippen LogP contribution in [-0.4, -0.2) is 88.1 Å². The van der Waals surface area contributed by atoms with E-state index in [0.717, 1.165) is 24.2 Å². The van der Waals surface area contributed by atoms with Crippen LogP contribution in [0.3, 0.4) is 0 Å². The van der Waals surface area contributed by atoms with Crippen molar-refractivity contribution < 1.29 is 23.8 Å². The average molecular weight is 532 g/mol. The molecule has 204 valence electrons. The SMILES string of the molecule is COCCOc1cc2ncnc(Nc3ccc(N(C)CCN(C)C)c(C4=CC(=O)C=CC4=O)c3)c2cc1OC. The van der Waals surface area contributed by atoms with Crippen LogP contribution in [0.5, 0.6) is 11.5 Å². The van der Waals surface area contributed by atoms with Crippen LogP contribution < -0.4 is 19.7 Å². The van der Waals surface area contributed by atoms with Crippen molar-refractivity contribution in [2.45, 2.75) is 0 Å². The summed E-state index contributed by atoms with van der Waals surface area (Å²) in [6.07, 6.45) is 5.47. The average Bonchev–Trinajstić information content (AvgIpc) is 2.93. The number of nitrogens with one attached hydrogen (secondary N) is 1. The Labute approximate surface area is 227 Å². The molecular weight excluding hydrogens is 498 g/mol. The Balaban J connectivity index is 1.72. The molecule has 0 spiro atoms. The minimum Gasteiger partial charge on any atom is -0.493 e. The van der Waals surface area contributed by atoms with Gasteiger partial charge in [-0.2, -0.15) is 0 Å². The van der Waals surface area contributed by atoms with Gasteiger partial charge in [0.25, 0.3) is 0 Å². The molecule has 0 fully saturated rings. The number of fused-ring (bicyclic) bond motifs is 1. The van der Waals surface area contributed by atoms with Crippen molar-refractivity contribution in [3.63, 3.8) is 0 Å². The summed E-state index contributed by atoms with van der Waals surface area (Å²) in [4.78, 5) is 38.0. The number of allylic oxidation sites excluding steroid dienone is 4. The Hall–Kier alpha value is -4.28. The molecule has 1 heterocycles. The molecule has 0 saturated carbocycles. The second-order valence-corrected chi connectivity index (χ2v) is 9.32. The summed E-state index contributed by atoms with van der Waals surface area (Å²) in [6, 6.07) is 9.35. The highest BCUT2D eigenvalue weighted by atomic mass is 16.5. The molecule has 10 nitrogen and oxygen atoms in total. The zero-order valence-electron chi connectivity index (χ0n) is 22.9.